The Morgan fingerprint density at radius 1 is 1.10 bits per heavy atom. The van der Waals surface area contributed by atoms with Crippen LogP contribution in [0.15, 0.2) is 24.3 Å². The molecule has 0 radical (unpaired) electrons. The highest BCUT2D eigenvalue weighted by Gasteiger charge is 2.33. The van der Waals surface area contributed by atoms with E-state index >= 15 is 0 Å². The van der Waals surface area contributed by atoms with Gasteiger partial charge in [0.05, 0.1) is 0 Å². The van der Waals surface area contributed by atoms with Crippen molar-refractivity contribution < 1.29 is 9.18 Å². The fourth-order valence-corrected chi connectivity index (χ4v) is 2.79. The molecule has 1 amide bonds. The average Bonchev–Trinajstić information content (AvgIpc) is 3.27. The first kappa shape index (κ1) is 13.6. The summed E-state index contributed by atoms with van der Waals surface area (Å²) in [4.78, 5) is 16.5. The molecule has 0 bridgehead atoms. The van der Waals surface area contributed by atoms with Gasteiger partial charge in [0, 0.05) is 38.6 Å². The molecule has 108 valence electrons. The van der Waals surface area contributed by atoms with Crippen molar-refractivity contribution >= 4 is 5.91 Å². The SMILES string of the molecule is O=C(C1CC1)N1CCCN(Cc2ccc(F)cc2)CC1. The zero-order chi connectivity index (χ0) is 13.9. The van der Waals surface area contributed by atoms with Gasteiger partial charge in [-0.15, -0.1) is 0 Å². The quantitative estimate of drug-likeness (QED) is 0.845. The number of carbonyl (C=O) groups is 1. The number of hydrogen-bond acceptors (Lipinski definition) is 2. The van der Waals surface area contributed by atoms with Gasteiger partial charge >= 0.3 is 0 Å². The van der Waals surface area contributed by atoms with E-state index in [1.165, 1.54) is 12.1 Å². The van der Waals surface area contributed by atoms with Crippen LogP contribution in [0.2, 0.25) is 0 Å². The standard InChI is InChI=1S/C16H21FN2O/c17-15-6-2-13(3-7-15)12-18-8-1-9-19(11-10-18)16(20)14-4-5-14/h2-3,6-7,14H,1,4-5,8-12H2. The highest BCUT2D eigenvalue weighted by atomic mass is 19.1. The molecular weight excluding hydrogens is 255 g/mol. The molecule has 20 heavy (non-hydrogen) atoms. The first-order valence-electron chi connectivity index (χ1n) is 7.48. The van der Waals surface area contributed by atoms with E-state index in [1.807, 2.05) is 17.0 Å². The zero-order valence-electron chi connectivity index (χ0n) is 11.7. The van der Waals surface area contributed by atoms with E-state index in [0.29, 0.717) is 11.8 Å². The second kappa shape index (κ2) is 5.92. The Morgan fingerprint density at radius 3 is 2.55 bits per heavy atom. The number of nitrogens with zero attached hydrogens (tertiary/aromatic N) is 2. The largest absolute Gasteiger partial charge is 0.341 e. The number of benzene rings is 1. The summed E-state index contributed by atoms with van der Waals surface area (Å²) >= 11 is 0. The summed E-state index contributed by atoms with van der Waals surface area (Å²) in [5.74, 6) is 0.484. The van der Waals surface area contributed by atoms with Gasteiger partial charge in [-0.2, -0.15) is 0 Å². The molecule has 0 unspecified atom stereocenters. The third kappa shape index (κ3) is 3.37. The van der Waals surface area contributed by atoms with Crippen LogP contribution >= 0.6 is 0 Å². The van der Waals surface area contributed by atoms with Crippen molar-refractivity contribution in [1.29, 1.82) is 0 Å². The molecule has 1 saturated heterocycles. The van der Waals surface area contributed by atoms with Crippen LogP contribution in [0.25, 0.3) is 0 Å². The molecule has 0 N–H and O–H groups in total. The van der Waals surface area contributed by atoms with Gasteiger partial charge in [0.15, 0.2) is 0 Å². The minimum atomic E-state index is -0.189. The van der Waals surface area contributed by atoms with Crippen molar-refractivity contribution in [2.45, 2.75) is 25.8 Å². The van der Waals surface area contributed by atoms with Gasteiger partial charge in [-0.25, -0.2) is 4.39 Å². The Hall–Kier alpha value is -1.42. The minimum absolute atomic E-state index is 0.189. The Labute approximate surface area is 119 Å². The minimum Gasteiger partial charge on any atom is -0.341 e. The Kier molecular flexibility index (Phi) is 4.01. The van der Waals surface area contributed by atoms with E-state index in [1.54, 1.807) is 0 Å². The van der Waals surface area contributed by atoms with Crippen molar-refractivity contribution in [3.05, 3.63) is 35.6 Å². The lowest BCUT2D eigenvalue weighted by molar-refractivity contribution is -0.132. The summed E-state index contributed by atoms with van der Waals surface area (Å²) in [6, 6.07) is 6.70. The predicted octanol–water partition coefficient (Wildman–Crippen LogP) is 2.27. The lowest BCUT2D eigenvalue weighted by Gasteiger charge is -2.22. The second-order valence-electron chi connectivity index (χ2n) is 5.86. The van der Waals surface area contributed by atoms with Gasteiger partial charge in [-0.05, 0) is 37.0 Å². The molecule has 1 aliphatic heterocycles. The van der Waals surface area contributed by atoms with Crippen LogP contribution in [-0.4, -0.2) is 41.9 Å². The highest BCUT2D eigenvalue weighted by molar-refractivity contribution is 5.81. The number of rotatable bonds is 3. The molecule has 1 heterocycles. The second-order valence-corrected chi connectivity index (χ2v) is 5.86. The van der Waals surface area contributed by atoms with Crippen molar-refractivity contribution in [3.8, 4) is 0 Å². The summed E-state index contributed by atoms with van der Waals surface area (Å²) in [6.07, 6.45) is 3.18. The molecule has 0 aromatic heterocycles. The van der Waals surface area contributed by atoms with Gasteiger partial charge in [0.1, 0.15) is 5.82 Å². The maximum Gasteiger partial charge on any atom is 0.225 e. The summed E-state index contributed by atoms with van der Waals surface area (Å²) in [7, 11) is 0. The third-order valence-electron chi connectivity index (χ3n) is 4.15. The molecule has 0 atom stereocenters. The van der Waals surface area contributed by atoms with Gasteiger partial charge in [-0.3, -0.25) is 9.69 Å². The molecule has 4 heteroatoms. The van der Waals surface area contributed by atoms with Gasteiger partial charge < -0.3 is 4.90 Å². The molecule has 1 aromatic carbocycles. The summed E-state index contributed by atoms with van der Waals surface area (Å²) in [5.41, 5.74) is 1.13. The first-order chi connectivity index (χ1) is 9.72. The van der Waals surface area contributed by atoms with E-state index in [-0.39, 0.29) is 5.82 Å². The molecule has 0 spiro atoms. The van der Waals surface area contributed by atoms with E-state index in [2.05, 4.69) is 4.90 Å². The zero-order valence-corrected chi connectivity index (χ0v) is 11.7. The van der Waals surface area contributed by atoms with Crippen LogP contribution in [-0.2, 0) is 11.3 Å². The van der Waals surface area contributed by atoms with Crippen LogP contribution < -0.4 is 0 Å². The van der Waals surface area contributed by atoms with Crippen LogP contribution in [0.5, 0.6) is 0 Å². The normalized spacial score (nSPS) is 20.8. The van der Waals surface area contributed by atoms with Gasteiger partial charge in [-0.1, -0.05) is 12.1 Å². The van der Waals surface area contributed by atoms with E-state index in [9.17, 15) is 9.18 Å². The molecule has 2 fully saturated rings. The fourth-order valence-electron chi connectivity index (χ4n) is 2.79. The topological polar surface area (TPSA) is 23.6 Å². The number of carbonyl (C=O) groups excluding carboxylic acids is 1. The molecule has 2 aliphatic rings. The Bertz CT molecular complexity index is 470. The smallest absolute Gasteiger partial charge is 0.225 e. The first-order valence-corrected chi connectivity index (χ1v) is 7.48. The molecule has 3 nitrogen and oxygen atoms in total. The monoisotopic (exact) mass is 276 g/mol. The van der Waals surface area contributed by atoms with E-state index in [4.69, 9.17) is 0 Å². The molecule has 1 aromatic rings. The van der Waals surface area contributed by atoms with Crippen molar-refractivity contribution in [2.75, 3.05) is 26.2 Å². The Morgan fingerprint density at radius 2 is 1.85 bits per heavy atom. The predicted molar refractivity (Wildman–Crippen MR) is 75.6 cm³/mol. The molecule has 3 rings (SSSR count). The highest BCUT2D eigenvalue weighted by Crippen LogP contribution is 2.31. The van der Waals surface area contributed by atoms with Crippen LogP contribution in [0, 0.1) is 11.7 Å². The van der Waals surface area contributed by atoms with E-state index in [0.717, 1.165) is 57.5 Å². The number of halogens is 1. The maximum atomic E-state index is 12.9. The van der Waals surface area contributed by atoms with Gasteiger partial charge in [0.25, 0.3) is 0 Å². The fraction of sp³-hybridized carbons (Fsp3) is 0.562. The summed E-state index contributed by atoms with van der Waals surface area (Å²) < 4.78 is 12.9. The van der Waals surface area contributed by atoms with Crippen LogP contribution in [0.3, 0.4) is 0 Å². The summed E-state index contributed by atoms with van der Waals surface area (Å²) in [5, 5.41) is 0. The molecular formula is C16H21FN2O. The maximum absolute atomic E-state index is 12.9. The van der Waals surface area contributed by atoms with Crippen LogP contribution in [0.1, 0.15) is 24.8 Å². The lowest BCUT2D eigenvalue weighted by atomic mass is 10.2. The average molecular weight is 276 g/mol. The third-order valence-corrected chi connectivity index (χ3v) is 4.15. The molecule has 1 aliphatic carbocycles. The Balaban J connectivity index is 1.54. The molecule has 1 saturated carbocycles. The number of hydrogen-bond donors (Lipinski definition) is 0. The van der Waals surface area contributed by atoms with E-state index < -0.39 is 0 Å². The van der Waals surface area contributed by atoms with Crippen molar-refractivity contribution in [2.24, 2.45) is 5.92 Å². The lowest BCUT2D eigenvalue weighted by Crippen LogP contribution is -2.35. The number of amides is 1. The van der Waals surface area contributed by atoms with Crippen molar-refractivity contribution in [3.63, 3.8) is 0 Å². The van der Waals surface area contributed by atoms with Crippen LogP contribution in [0.4, 0.5) is 4.39 Å². The summed E-state index contributed by atoms with van der Waals surface area (Å²) in [6.45, 7) is 4.47. The van der Waals surface area contributed by atoms with Crippen molar-refractivity contribution in [1.82, 2.24) is 9.80 Å². The van der Waals surface area contributed by atoms with Gasteiger partial charge in [0.2, 0.25) is 5.91 Å².